The molecule has 1 aromatic heterocycles. The fourth-order valence-corrected chi connectivity index (χ4v) is 4.87. The topological polar surface area (TPSA) is 62.3 Å². The normalized spacial score (nSPS) is 17.4. The SMILES string of the molecule is O=S(=O)(c1ccccc1)N1CCC(CNCc2cscn2)CC1. The van der Waals surface area contributed by atoms with Crippen LogP contribution in [0.3, 0.4) is 0 Å². The molecular weight excluding hydrogens is 330 g/mol. The number of thiazole rings is 1. The quantitative estimate of drug-likeness (QED) is 0.868. The van der Waals surface area contributed by atoms with E-state index in [0.717, 1.165) is 31.6 Å². The average Bonchev–Trinajstić information content (AvgIpc) is 3.10. The van der Waals surface area contributed by atoms with Gasteiger partial charge >= 0.3 is 0 Å². The van der Waals surface area contributed by atoms with Gasteiger partial charge in [0.15, 0.2) is 0 Å². The van der Waals surface area contributed by atoms with Crippen LogP contribution in [0, 0.1) is 5.92 Å². The second-order valence-corrected chi connectivity index (χ2v) is 8.43. The molecular formula is C16H21N3O2S2. The number of aromatic nitrogens is 1. The highest BCUT2D eigenvalue weighted by molar-refractivity contribution is 7.89. The maximum absolute atomic E-state index is 12.6. The fraction of sp³-hybridized carbons (Fsp3) is 0.438. The van der Waals surface area contributed by atoms with Gasteiger partial charge in [-0.15, -0.1) is 11.3 Å². The van der Waals surface area contributed by atoms with Crippen molar-refractivity contribution in [2.45, 2.75) is 24.3 Å². The van der Waals surface area contributed by atoms with Crippen molar-refractivity contribution in [2.75, 3.05) is 19.6 Å². The summed E-state index contributed by atoms with van der Waals surface area (Å²) in [5.74, 6) is 0.524. The summed E-state index contributed by atoms with van der Waals surface area (Å²) in [5.41, 5.74) is 2.91. The molecule has 23 heavy (non-hydrogen) atoms. The molecule has 3 rings (SSSR count). The van der Waals surface area contributed by atoms with Crippen LogP contribution in [0.15, 0.2) is 46.1 Å². The van der Waals surface area contributed by atoms with Crippen LogP contribution < -0.4 is 5.32 Å². The molecule has 5 nitrogen and oxygen atoms in total. The predicted octanol–water partition coefficient (Wildman–Crippen LogP) is 2.33. The number of hydrogen-bond donors (Lipinski definition) is 1. The van der Waals surface area contributed by atoms with Gasteiger partial charge in [-0.2, -0.15) is 4.31 Å². The number of nitrogens with one attached hydrogen (secondary N) is 1. The molecule has 0 aliphatic carbocycles. The lowest BCUT2D eigenvalue weighted by molar-refractivity contribution is 0.267. The van der Waals surface area contributed by atoms with E-state index in [2.05, 4.69) is 10.3 Å². The Morgan fingerprint density at radius 2 is 1.96 bits per heavy atom. The van der Waals surface area contributed by atoms with Crippen LogP contribution >= 0.6 is 11.3 Å². The van der Waals surface area contributed by atoms with E-state index in [1.54, 1.807) is 39.9 Å². The zero-order chi connectivity index (χ0) is 16.1. The highest BCUT2D eigenvalue weighted by atomic mass is 32.2. The van der Waals surface area contributed by atoms with Crippen LogP contribution in [0.2, 0.25) is 0 Å². The van der Waals surface area contributed by atoms with Gasteiger partial charge in [0.2, 0.25) is 10.0 Å². The molecule has 7 heteroatoms. The molecule has 0 atom stereocenters. The maximum atomic E-state index is 12.6. The average molecular weight is 351 g/mol. The minimum Gasteiger partial charge on any atom is -0.311 e. The van der Waals surface area contributed by atoms with E-state index in [-0.39, 0.29) is 0 Å². The highest BCUT2D eigenvalue weighted by Gasteiger charge is 2.28. The van der Waals surface area contributed by atoms with Gasteiger partial charge in [-0.3, -0.25) is 0 Å². The van der Waals surface area contributed by atoms with Crippen LogP contribution in [-0.4, -0.2) is 37.3 Å². The largest absolute Gasteiger partial charge is 0.311 e. The molecule has 1 N–H and O–H groups in total. The van der Waals surface area contributed by atoms with Gasteiger partial charge in [-0.1, -0.05) is 18.2 Å². The van der Waals surface area contributed by atoms with Gasteiger partial charge in [-0.05, 0) is 37.4 Å². The Morgan fingerprint density at radius 3 is 2.61 bits per heavy atom. The molecule has 2 aromatic rings. The van der Waals surface area contributed by atoms with Crippen LogP contribution in [0.1, 0.15) is 18.5 Å². The van der Waals surface area contributed by atoms with Crippen molar-refractivity contribution in [1.29, 1.82) is 0 Å². The minimum absolute atomic E-state index is 0.389. The zero-order valence-electron chi connectivity index (χ0n) is 12.9. The summed E-state index contributed by atoms with van der Waals surface area (Å²) in [5, 5.41) is 5.46. The molecule has 1 aliphatic rings. The Hall–Kier alpha value is -1.28. The summed E-state index contributed by atoms with van der Waals surface area (Å²) in [6.45, 7) is 2.89. The van der Waals surface area contributed by atoms with Crippen LogP contribution in [0.25, 0.3) is 0 Å². The van der Waals surface area contributed by atoms with Crippen molar-refractivity contribution < 1.29 is 8.42 Å². The van der Waals surface area contributed by atoms with Crippen molar-refractivity contribution in [3.05, 3.63) is 46.9 Å². The molecule has 2 heterocycles. The van der Waals surface area contributed by atoms with E-state index < -0.39 is 10.0 Å². The minimum atomic E-state index is -3.34. The Kier molecular flexibility index (Phi) is 5.42. The van der Waals surface area contributed by atoms with Crippen LogP contribution in [0.5, 0.6) is 0 Å². The van der Waals surface area contributed by atoms with E-state index in [1.807, 2.05) is 17.0 Å². The lowest BCUT2D eigenvalue weighted by atomic mass is 9.98. The van der Waals surface area contributed by atoms with Gasteiger partial charge in [-0.25, -0.2) is 13.4 Å². The summed E-state index contributed by atoms with van der Waals surface area (Å²) < 4.78 is 26.7. The Labute approximate surface area is 141 Å². The second-order valence-electron chi connectivity index (χ2n) is 5.77. The summed E-state index contributed by atoms with van der Waals surface area (Å²) in [6.07, 6.45) is 1.80. The standard InChI is InChI=1S/C16H21N3O2S2/c20-23(21,16-4-2-1-3-5-16)19-8-6-14(7-9-19)10-17-11-15-12-22-13-18-15/h1-5,12-14,17H,6-11H2. The fourth-order valence-electron chi connectivity index (χ4n) is 2.82. The highest BCUT2D eigenvalue weighted by Crippen LogP contribution is 2.23. The number of benzene rings is 1. The van der Waals surface area contributed by atoms with Crippen molar-refractivity contribution in [3.8, 4) is 0 Å². The Morgan fingerprint density at radius 1 is 1.22 bits per heavy atom. The van der Waals surface area contributed by atoms with E-state index in [1.165, 1.54) is 0 Å². The lowest BCUT2D eigenvalue weighted by Gasteiger charge is -2.31. The van der Waals surface area contributed by atoms with Crippen LogP contribution in [-0.2, 0) is 16.6 Å². The summed E-state index contributed by atoms with van der Waals surface area (Å²) in [7, 11) is -3.34. The first-order chi connectivity index (χ1) is 11.2. The molecule has 1 aliphatic heterocycles. The maximum Gasteiger partial charge on any atom is 0.243 e. The van der Waals surface area contributed by atoms with Crippen LogP contribution in [0.4, 0.5) is 0 Å². The van der Waals surface area contributed by atoms with Crippen molar-refractivity contribution in [3.63, 3.8) is 0 Å². The summed E-state index contributed by atoms with van der Waals surface area (Å²) in [6, 6.07) is 8.69. The number of sulfonamides is 1. The first-order valence-electron chi connectivity index (χ1n) is 7.79. The lowest BCUT2D eigenvalue weighted by Crippen LogP contribution is -2.40. The molecule has 0 bridgehead atoms. The van der Waals surface area contributed by atoms with Gasteiger partial charge in [0.25, 0.3) is 0 Å². The Balaban J connectivity index is 1.48. The Bertz CT molecular complexity index is 694. The smallest absolute Gasteiger partial charge is 0.243 e. The summed E-state index contributed by atoms with van der Waals surface area (Å²) >= 11 is 1.60. The zero-order valence-corrected chi connectivity index (χ0v) is 14.5. The molecule has 1 fully saturated rings. The molecule has 0 saturated carbocycles. The molecule has 0 amide bonds. The number of hydrogen-bond acceptors (Lipinski definition) is 5. The summed E-state index contributed by atoms with van der Waals surface area (Å²) in [4.78, 5) is 4.63. The number of rotatable bonds is 6. The van der Waals surface area contributed by atoms with Crippen molar-refractivity contribution in [2.24, 2.45) is 5.92 Å². The first-order valence-corrected chi connectivity index (χ1v) is 10.2. The van der Waals surface area contributed by atoms with Gasteiger partial charge in [0.05, 0.1) is 16.1 Å². The van der Waals surface area contributed by atoms with Crippen molar-refractivity contribution in [1.82, 2.24) is 14.6 Å². The van der Waals surface area contributed by atoms with Gasteiger partial charge < -0.3 is 5.32 Å². The monoisotopic (exact) mass is 351 g/mol. The molecule has 124 valence electrons. The third-order valence-electron chi connectivity index (χ3n) is 4.18. The van der Waals surface area contributed by atoms with Gasteiger partial charge in [0.1, 0.15) is 0 Å². The third kappa shape index (κ3) is 4.17. The molecule has 0 unspecified atom stereocenters. The first kappa shape index (κ1) is 16.6. The van der Waals surface area contributed by atoms with Crippen molar-refractivity contribution >= 4 is 21.4 Å². The van der Waals surface area contributed by atoms with Gasteiger partial charge in [0, 0.05) is 25.0 Å². The molecule has 0 spiro atoms. The van der Waals surface area contributed by atoms with E-state index in [9.17, 15) is 8.42 Å². The molecule has 1 aromatic carbocycles. The molecule has 0 radical (unpaired) electrons. The van der Waals surface area contributed by atoms with E-state index in [4.69, 9.17) is 0 Å². The number of piperidine rings is 1. The predicted molar refractivity (Wildman–Crippen MR) is 91.7 cm³/mol. The second kappa shape index (κ2) is 7.53. The number of nitrogens with zero attached hydrogens (tertiary/aromatic N) is 2. The van der Waals surface area contributed by atoms with E-state index >= 15 is 0 Å². The molecule has 1 saturated heterocycles. The third-order valence-corrected chi connectivity index (χ3v) is 6.73. The van der Waals surface area contributed by atoms with E-state index in [0.29, 0.717) is 23.9 Å².